The van der Waals surface area contributed by atoms with Gasteiger partial charge in [0, 0.05) is 6.61 Å². The molecule has 2 nitrogen and oxygen atoms in total. The van der Waals surface area contributed by atoms with E-state index in [1.807, 2.05) is 6.92 Å². The molecule has 0 spiro atoms. The summed E-state index contributed by atoms with van der Waals surface area (Å²) in [5.74, 6) is 0. The van der Waals surface area contributed by atoms with Gasteiger partial charge in [0.25, 0.3) is 0 Å². The number of unbranched alkanes of at least 4 members (excludes halogenated alkanes) is 10. The number of hydrogen-bond donors (Lipinski definition) is 2. The van der Waals surface area contributed by atoms with Gasteiger partial charge in [-0.25, -0.2) is 0 Å². The first kappa shape index (κ1) is 23.7. The van der Waals surface area contributed by atoms with Gasteiger partial charge in [-0.2, -0.15) is 0 Å². The molecule has 0 aromatic carbocycles. The molecule has 132 valence electrons. The third-order valence-electron chi connectivity index (χ3n) is 3.51. The number of rotatable bonds is 14. The molecular weight excluding hydrogens is 272 g/mol. The lowest BCUT2D eigenvalue weighted by Crippen LogP contribution is -1.84. The van der Waals surface area contributed by atoms with Crippen molar-refractivity contribution in [1.29, 1.82) is 0 Å². The molecule has 0 aliphatic carbocycles. The maximum atomic E-state index is 8.64. The van der Waals surface area contributed by atoms with Crippen LogP contribution >= 0.6 is 0 Å². The summed E-state index contributed by atoms with van der Waals surface area (Å²) in [6.45, 7) is 4.64. The van der Waals surface area contributed by atoms with Crippen molar-refractivity contribution < 1.29 is 10.2 Å². The normalized spacial score (nSPS) is 11.1. The van der Waals surface area contributed by atoms with Gasteiger partial charge in [0.15, 0.2) is 0 Å². The Balaban J connectivity index is 0. The van der Waals surface area contributed by atoms with Crippen molar-refractivity contribution in [2.75, 3.05) is 13.2 Å². The maximum Gasteiger partial charge on any atom is 0.0612 e. The van der Waals surface area contributed by atoms with E-state index < -0.39 is 0 Å². The molecule has 0 aromatic rings. The van der Waals surface area contributed by atoms with Gasteiger partial charge in [0.1, 0.15) is 0 Å². The highest BCUT2D eigenvalue weighted by Crippen LogP contribution is 2.10. The fourth-order valence-electron chi connectivity index (χ4n) is 2.10. The Morgan fingerprint density at radius 3 is 1.55 bits per heavy atom. The zero-order valence-corrected chi connectivity index (χ0v) is 15.1. The molecule has 0 heterocycles. The van der Waals surface area contributed by atoms with E-state index in [1.54, 1.807) is 12.2 Å². The van der Waals surface area contributed by atoms with Crippen LogP contribution in [0.4, 0.5) is 0 Å². The van der Waals surface area contributed by atoms with E-state index in [1.165, 1.54) is 70.6 Å². The van der Waals surface area contributed by atoms with Crippen LogP contribution in [-0.2, 0) is 0 Å². The van der Waals surface area contributed by atoms with Gasteiger partial charge < -0.3 is 10.2 Å². The molecule has 2 heteroatoms. The minimum atomic E-state index is 0.163. The number of aliphatic hydroxyl groups excluding tert-OH is 2. The van der Waals surface area contributed by atoms with Crippen LogP contribution in [0.3, 0.4) is 0 Å². The summed E-state index contributed by atoms with van der Waals surface area (Å²) in [5.41, 5.74) is 0. The van der Waals surface area contributed by atoms with Crippen LogP contribution in [0.25, 0.3) is 0 Å². The van der Waals surface area contributed by atoms with Crippen LogP contribution in [0, 0.1) is 0 Å². The van der Waals surface area contributed by atoms with E-state index >= 15 is 0 Å². The summed E-state index contributed by atoms with van der Waals surface area (Å²) >= 11 is 0. The zero-order valence-electron chi connectivity index (χ0n) is 15.1. The van der Waals surface area contributed by atoms with E-state index in [0.717, 1.165) is 6.42 Å². The molecule has 0 bridgehead atoms. The van der Waals surface area contributed by atoms with Crippen LogP contribution in [0.1, 0.15) is 90.9 Å². The lowest BCUT2D eigenvalue weighted by molar-refractivity contribution is 0.282. The highest BCUT2D eigenvalue weighted by molar-refractivity contribution is 4.81. The number of allylic oxidation sites excluding steroid dienone is 3. The van der Waals surface area contributed by atoms with Crippen LogP contribution in [0.2, 0.25) is 0 Å². The maximum absolute atomic E-state index is 8.64. The molecule has 0 rings (SSSR count). The molecule has 0 aliphatic rings. The minimum absolute atomic E-state index is 0.163. The average Bonchev–Trinajstić information content (AvgIpc) is 2.53. The second kappa shape index (κ2) is 25.4. The van der Waals surface area contributed by atoms with Gasteiger partial charge in [-0.15, -0.1) is 0 Å². The molecule has 0 unspecified atom stereocenters. The van der Waals surface area contributed by atoms with Crippen molar-refractivity contribution in [2.45, 2.75) is 90.9 Å². The first-order valence-electron chi connectivity index (χ1n) is 9.31. The lowest BCUT2D eigenvalue weighted by Gasteiger charge is -2.00. The van der Waals surface area contributed by atoms with Gasteiger partial charge in [-0.3, -0.25) is 0 Å². The third-order valence-corrected chi connectivity index (χ3v) is 3.51. The van der Waals surface area contributed by atoms with Gasteiger partial charge in [-0.1, -0.05) is 82.6 Å². The summed E-state index contributed by atoms with van der Waals surface area (Å²) in [6.07, 6.45) is 23.7. The van der Waals surface area contributed by atoms with Crippen molar-refractivity contribution in [3.63, 3.8) is 0 Å². The molecule has 0 aliphatic heterocycles. The summed E-state index contributed by atoms with van der Waals surface area (Å²) in [4.78, 5) is 0. The van der Waals surface area contributed by atoms with Gasteiger partial charge in [0.05, 0.1) is 6.61 Å². The SMILES string of the molecule is C/C=C\CO.CCCC/C=C\CCCCCCCCCCO. The third kappa shape index (κ3) is 27.7. The lowest BCUT2D eigenvalue weighted by atomic mass is 10.1. The second-order valence-electron chi connectivity index (χ2n) is 5.71. The smallest absolute Gasteiger partial charge is 0.0612 e. The summed E-state index contributed by atoms with van der Waals surface area (Å²) in [5, 5.41) is 16.6. The van der Waals surface area contributed by atoms with Crippen LogP contribution in [-0.4, -0.2) is 23.4 Å². The van der Waals surface area contributed by atoms with E-state index in [9.17, 15) is 0 Å². The standard InChI is InChI=1S/C16H32O.C4H8O/c1-2-3-4-5-6-7-8-9-10-11-12-13-14-15-16-17;1-2-3-4-5/h5-6,17H,2-4,7-16H2,1H3;2-3,5H,4H2,1H3/b6-5-;3-2-. The molecule has 0 amide bonds. The summed E-state index contributed by atoms with van der Waals surface area (Å²) in [7, 11) is 0. The van der Waals surface area contributed by atoms with Gasteiger partial charge in [0.2, 0.25) is 0 Å². The summed E-state index contributed by atoms with van der Waals surface area (Å²) < 4.78 is 0. The van der Waals surface area contributed by atoms with E-state index in [-0.39, 0.29) is 6.61 Å². The molecule has 0 atom stereocenters. The van der Waals surface area contributed by atoms with Crippen molar-refractivity contribution in [3.05, 3.63) is 24.3 Å². The Bertz CT molecular complexity index is 222. The minimum Gasteiger partial charge on any atom is -0.396 e. The molecule has 0 radical (unpaired) electrons. The molecular formula is C20H40O2. The Kier molecular flexibility index (Phi) is 27.3. The molecule has 0 fully saturated rings. The monoisotopic (exact) mass is 312 g/mol. The first-order chi connectivity index (χ1) is 10.8. The average molecular weight is 313 g/mol. The van der Waals surface area contributed by atoms with Crippen molar-refractivity contribution in [3.8, 4) is 0 Å². The molecule has 0 aromatic heterocycles. The second-order valence-corrected chi connectivity index (χ2v) is 5.71. The van der Waals surface area contributed by atoms with Crippen LogP contribution in [0.15, 0.2) is 24.3 Å². The molecule has 2 N–H and O–H groups in total. The first-order valence-corrected chi connectivity index (χ1v) is 9.31. The van der Waals surface area contributed by atoms with Crippen LogP contribution < -0.4 is 0 Å². The Labute approximate surface area is 139 Å². The fraction of sp³-hybridized carbons (Fsp3) is 0.800. The quantitative estimate of drug-likeness (QED) is 0.315. The van der Waals surface area contributed by atoms with Crippen molar-refractivity contribution in [1.82, 2.24) is 0 Å². The highest BCUT2D eigenvalue weighted by Gasteiger charge is 1.91. The Morgan fingerprint density at radius 2 is 1.14 bits per heavy atom. The predicted molar refractivity (Wildman–Crippen MR) is 99.2 cm³/mol. The predicted octanol–water partition coefficient (Wildman–Crippen LogP) is 5.79. The molecule has 22 heavy (non-hydrogen) atoms. The number of hydrogen-bond acceptors (Lipinski definition) is 2. The summed E-state index contributed by atoms with van der Waals surface area (Å²) in [6, 6.07) is 0. The largest absolute Gasteiger partial charge is 0.396 e. The Morgan fingerprint density at radius 1 is 0.636 bits per heavy atom. The Hall–Kier alpha value is -0.600. The topological polar surface area (TPSA) is 40.5 Å². The molecule has 0 saturated heterocycles. The highest BCUT2D eigenvalue weighted by atomic mass is 16.3. The van der Waals surface area contributed by atoms with Gasteiger partial charge in [-0.05, 0) is 32.6 Å². The molecule has 0 saturated carbocycles. The van der Waals surface area contributed by atoms with Crippen molar-refractivity contribution >= 4 is 0 Å². The van der Waals surface area contributed by atoms with Gasteiger partial charge >= 0.3 is 0 Å². The van der Waals surface area contributed by atoms with Crippen molar-refractivity contribution in [2.24, 2.45) is 0 Å². The number of aliphatic hydroxyl groups is 2. The van der Waals surface area contributed by atoms with Crippen LogP contribution in [0.5, 0.6) is 0 Å². The fourth-order valence-corrected chi connectivity index (χ4v) is 2.10. The van der Waals surface area contributed by atoms with E-state index in [2.05, 4.69) is 19.1 Å². The van der Waals surface area contributed by atoms with E-state index in [4.69, 9.17) is 10.2 Å². The zero-order chi connectivity index (χ0) is 16.7. The van der Waals surface area contributed by atoms with E-state index in [0.29, 0.717) is 6.61 Å².